The number of aromatic nitrogens is 2. The third-order valence-electron chi connectivity index (χ3n) is 4.26. The monoisotopic (exact) mass is 255 g/mol. The Morgan fingerprint density at radius 1 is 1.37 bits per heavy atom. The maximum atomic E-state index is 4.40. The SMILES string of the molecule is CCc1ccccc1-n1cncc1C1(C)CCNC1. The van der Waals surface area contributed by atoms with Gasteiger partial charge in [-0.1, -0.05) is 32.0 Å². The van der Waals surface area contributed by atoms with E-state index in [4.69, 9.17) is 0 Å². The lowest BCUT2D eigenvalue weighted by Crippen LogP contribution is -2.27. The van der Waals surface area contributed by atoms with Crippen molar-refractivity contribution in [1.29, 1.82) is 0 Å². The number of aryl methyl sites for hydroxylation is 1. The van der Waals surface area contributed by atoms with Crippen LogP contribution in [-0.2, 0) is 11.8 Å². The Morgan fingerprint density at radius 2 is 2.21 bits per heavy atom. The second-order valence-corrected chi connectivity index (χ2v) is 5.62. The van der Waals surface area contributed by atoms with Crippen LogP contribution in [0.15, 0.2) is 36.8 Å². The smallest absolute Gasteiger partial charge is 0.0994 e. The van der Waals surface area contributed by atoms with Crippen LogP contribution in [0.25, 0.3) is 5.69 Å². The average Bonchev–Trinajstić information content (AvgIpc) is 3.08. The summed E-state index contributed by atoms with van der Waals surface area (Å²) in [6.45, 7) is 6.66. The van der Waals surface area contributed by atoms with E-state index in [1.54, 1.807) is 0 Å². The van der Waals surface area contributed by atoms with Gasteiger partial charge in [-0.05, 0) is 31.0 Å². The highest BCUT2D eigenvalue weighted by molar-refractivity contribution is 5.43. The van der Waals surface area contributed by atoms with Crippen molar-refractivity contribution in [3.63, 3.8) is 0 Å². The number of nitrogens with zero attached hydrogens (tertiary/aromatic N) is 2. The molecular weight excluding hydrogens is 234 g/mol. The fourth-order valence-corrected chi connectivity index (χ4v) is 3.01. The molecule has 0 amide bonds. The molecule has 1 fully saturated rings. The molecule has 1 aromatic heterocycles. The summed E-state index contributed by atoms with van der Waals surface area (Å²) in [4.78, 5) is 4.40. The van der Waals surface area contributed by atoms with E-state index in [0.717, 1.165) is 19.5 Å². The third kappa shape index (κ3) is 2.08. The summed E-state index contributed by atoms with van der Waals surface area (Å²) in [6, 6.07) is 8.61. The van der Waals surface area contributed by atoms with Gasteiger partial charge in [0, 0.05) is 29.5 Å². The minimum absolute atomic E-state index is 0.192. The molecule has 1 aromatic carbocycles. The molecule has 0 radical (unpaired) electrons. The highest BCUT2D eigenvalue weighted by atomic mass is 15.1. The van der Waals surface area contributed by atoms with Gasteiger partial charge >= 0.3 is 0 Å². The van der Waals surface area contributed by atoms with Crippen LogP contribution < -0.4 is 5.32 Å². The Bertz CT molecular complexity index is 565. The first-order chi connectivity index (χ1) is 9.24. The Morgan fingerprint density at radius 3 is 2.95 bits per heavy atom. The fraction of sp³-hybridized carbons (Fsp3) is 0.438. The summed E-state index contributed by atoms with van der Waals surface area (Å²) < 4.78 is 2.27. The standard InChI is InChI=1S/C16H21N3/c1-3-13-6-4-5-7-14(13)19-12-18-10-15(19)16(2)8-9-17-11-16/h4-7,10,12,17H,3,8-9,11H2,1-2H3. The van der Waals surface area contributed by atoms with Gasteiger partial charge in [0.1, 0.15) is 0 Å². The first kappa shape index (κ1) is 12.4. The molecule has 0 saturated carbocycles. The van der Waals surface area contributed by atoms with Crippen molar-refractivity contribution in [2.24, 2.45) is 0 Å². The van der Waals surface area contributed by atoms with Crippen LogP contribution in [0.4, 0.5) is 0 Å². The van der Waals surface area contributed by atoms with E-state index in [1.807, 2.05) is 12.5 Å². The predicted octanol–water partition coefficient (Wildman–Crippen LogP) is 2.69. The van der Waals surface area contributed by atoms with Crippen molar-refractivity contribution in [1.82, 2.24) is 14.9 Å². The zero-order chi connectivity index (χ0) is 13.3. The van der Waals surface area contributed by atoms with Gasteiger partial charge in [-0.3, -0.25) is 0 Å². The largest absolute Gasteiger partial charge is 0.316 e. The first-order valence-corrected chi connectivity index (χ1v) is 7.06. The van der Waals surface area contributed by atoms with Crippen LogP contribution in [0.3, 0.4) is 0 Å². The second kappa shape index (κ2) is 4.82. The quantitative estimate of drug-likeness (QED) is 0.914. The Hall–Kier alpha value is -1.61. The molecule has 19 heavy (non-hydrogen) atoms. The molecule has 3 rings (SSSR count). The minimum Gasteiger partial charge on any atom is -0.316 e. The van der Waals surface area contributed by atoms with Crippen molar-refractivity contribution < 1.29 is 0 Å². The number of para-hydroxylation sites is 1. The van der Waals surface area contributed by atoms with E-state index < -0.39 is 0 Å². The molecule has 0 spiro atoms. The zero-order valence-electron chi connectivity index (χ0n) is 11.7. The molecule has 1 atom stereocenters. The number of hydrogen-bond acceptors (Lipinski definition) is 2. The van der Waals surface area contributed by atoms with E-state index in [2.05, 4.69) is 53.0 Å². The molecule has 1 aliphatic rings. The van der Waals surface area contributed by atoms with E-state index in [0.29, 0.717) is 0 Å². The maximum absolute atomic E-state index is 4.40. The molecule has 100 valence electrons. The van der Waals surface area contributed by atoms with Gasteiger partial charge in [-0.2, -0.15) is 0 Å². The normalized spacial score (nSPS) is 22.8. The van der Waals surface area contributed by atoms with E-state index >= 15 is 0 Å². The lowest BCUT2D eigenvalue weighted by atomic mass is 9.86. The summed E-state index contributed by atoms with van der Waals surface area (Å²) >= 11 is 0. The van der Waals surface area contributed by atoms with Crippen molar-refractivity contribution >= 4 is 0 Å². The molecule has 1 N–H and O–H groups in total. The summed E-state index contributed by atoms with van der Waals surface area (Å²) in [5.74, 6) is 0. The van der Waals surface area contributed by atoms with Crippen molar-refractivity contribution in [2.45, 2.75) is 32.1 Å². The average molecular weight is 255 g/mol. The number of nitrogens with one attached hydrogen (secondary N) is 1. The zero-order valence-corrected chi connectivity index (χ0v) is 11.7. The van der Waals surface area contributed by atoms with E-state index in [9.17, 15) is 0 Å². The van der Waals surface area contributed by atoms with Crippen LogP contribution in [0, 0.1) is 0 Å². The van der Waals surface area contributed by atoms with E-state index in [-0.39, 0.29) is 5.41 Å². The van der Waals surface area contributed by atoms with Crippen LogP contribution in [0.2, 0.25) is 0 Å². The van der Waals surface area contributed by atoms with Crippen molar-refractivity contribution in [3.05, 3.63) is 48.0 Å². The molecule has 1 saturated heterocycles. The molecular formula is C16H21N3. The molecule has 3 heteroatoms. The molecule has 0 bridgehead atoms. The molecule has 2 heterocycles. The summed E-state index contributed by atoms with van der Waals surface area (Å²) in [5.41, 5.74) is 4.15. The Kier molecular flexibility index (Phi) is 3.15. The lowest BCUT2D eigenvalue weighted by Gasteiger charge is -2.25. The molecule has 1 unspecified atom stereocenters. The van der Waals surface area contributed by atoms with Gasteiger partial charge in [0.2, 0.25) is 0 Å². The van der Waals surface area contributed by atoms with Crippen LogP contribution in [0.5, 0.6) is 0 Å². The summed E-state index contributed by atoms with van der Waals surface area (Å²) in [6.07, 6.45) is 6.20. The van der Waals surface area contributed by atoms with Gasteiger partial charge in [-0.25, -0.2) is 4.98 Å². The van der Waals surface area contributed by atoms with Crippen molar-refractivity contribution in [3.8, 4) is 5.69 Å². The molecule has 0 aliphatic carbocycles. The van der Waals surface area contributed by atoms with Gasteiger partial charge < -0.3 is 9.88 Å². The van der Waals surface area contributed by atoms with Gasteiger partial charge in [-0.15, -0.1) is 0 Å². The lowest BCUT2D eigenvalue weighted by molar-refractivity contribution is 0.498. The fourth-order valence-electron chi connectivity index (χ4n) is 3.01. The van der Waals surface area contributed by atoms with Gasteiger partial charge in [0.05, 0.1) is 6.33 Å². The summed E-state index contributed by atoms with van der Waals surface area (Å²) in [5, 5.41) is 3.47. The Balaban J connectivity index is 2.09. The third-order valence-corrected chi connectivity index (χ3v) is 4.26. The van der Waals surface area contributed by atoms with Crippen LogP contribution in [-0.4, -0.2) is 22.6 Å². The predicted molar refractivity (Wildman–Crippen MR) is 77.8 cm³/mol. The number of rotatable bonds is 3. The van der Waals surface area contributed by atoms with Gasteiger partial charge in [0.15, 0.2) is 0 Å². The van der Waals surface area contributed by atoms with Crippen molar-refractivity contribution in [2.75, 3.05) is 13.1 Å². The van der Waals surface area contributed by atoms with Crippen LogP contribution >= 0.6 is 0 Å². The van der Waals surface area contributed by atoms with E-state index in [1.165, 1.54) is 23.4 Å². The molecule has 3 nitrogen and oxygen atoms in total. The first-order valence-electron chi connectivity index (χ1n) is 7.06. The highest BCUT2D eigenvalue weighted by Crippen LogP contribution is 2.32. The topological polar surface area (TPSA) is 29.9 Å². The minimum atomic E-state index is 0.192. The number of benzene rings is 1. The Labute approximate surface area is 114 Å². The molecule has 1 aliphatic heterocycles. The number of hydrogen-bond donors (Lipinski definition) is 1. The highest BCUT2D eigenvalue weighted by Gasteiger charge is 2.33. The summed E-state index contributed by atoms with van der Waals surface area (Å²) in [7, 11) is 0. The second-order valence-electron chi connectivity index (χ2n) is 5.62. The maximum Gasteiger partial charge on any atom is 0.0994 e. The molecule has 2 aromatic rings. The van der Waals surface area contributed by atoms with Crippen LogP contribution in [0.1, 0.15) is 31.5 Å². The van der Waals surface area contributed by atoms with Gasteiger partial charge in [0.25, 0.3) is 0 Å². The number of imidazole rings is 1.